The number of carbonyl (C=O) groups excluding carboxylic acids is 4. The largest absolute Gasteiger partial charge is 0.509 e. The van der Waals surface area contributed by atoms with Crippen molar-refractivity contribution < 1.29 is 47.6 Å². The number of fused-ring (bicyclic) bond motifs is 5. The van der Waals surface area contributed by atoms with E-state index < -0.39 is 70.7 Å². The number of Topliss-reactive ketones (excluding diaryl/α,β-unsaturated/α-hetero) is 1. The summed E-state index contributed by atoms with van der Waals surface area (Å²) in [6.07, 6.45) is 2.20. The zero-order chi connectivity index (χ0) is 28.1. The summed E-state index contributed by atoms with van der Waals surface area (Å²) in [7, 11) is 1.11. The minimum absolute atomic E-state index is 0.0770. The smallest absolute Gasteiger partial charge is 0.438 e. The van der Waals surface area contributed by atoms with Crippen LogP contribution in [0.2, 0.25) is 0 Å². The fourth-order valence-corrected chi connectivity index (χ4v) is 8.04. The highest BCUT2D eigenvalue weighted by atomic mass is 19.1. The Morgan fingerprint density at radius 3 is 2.53 bits per heavy atom. The molecule has 0 aromatic carbocycles. The van der Waals surface area contributed by atoms with Crippen LogP contribution in [0, 0.1) is 28.6 Å². The van der Waals surface area contributed by atoms with E-state index in [1.807, 2.05) is 6.92 Å². The molecule has 0 unspecified atom stereocenters. The first kappa shape index (κ1) is 28.3. The molecular formula is C28H37FO9. The molecule has 0 amide bonds. The van der Waals surface area contributed by atoms with Crippen molar-refractivity contribution in [3.05, 3.63) is 23.8 Å². The second kappa shape index (κ2) is 9.77. The summed E-state index contributed by atoms with van der Waals surface area (Å²) >= 11 is 0. The molecule has 3 fully saturated rings. The molecule has 210 valence electrons. The van der Waals surface area contributed by atoms with Gasteiger partial charge < -0.3 is 24.1 Å². The summed E-state index contributed by atoms with van der Waals surface area (Å²) in [6.45, 7) is 6.35. The van der Waals surface area contributed by atoms with Crippen molar-refractivity contribution in [2.45, 2.75) is 77.2 Å². The summed E-state index contributed by atoms with van der Waals surface area (Å²) in [5.74, 6) is -2.64. The number of aliphatic hydroxyl groups excluding tert-OH is 1. The average Bonchev–Trinajstić information content (AvgIpc) is 3.09. The van der Waals surface area contributed by atoms with Crippen LogP contribution in [0.4, 0.5) is 14.0 Å². The number of ketones is 2. The number of methoxy groups -OCH3 is 1. The van der Waals surface area contributed by atoms with Crippen LogP contribution in [0.5, 0.6) is 0 Å². The van der Waals surface area contributed by atoms with Crippen molar-refractivity contribution in [2.24, 2.45) is 28.6 Å². The normalized spacial score (nSPS) is 41.2. The van der Waals surface area contributed by atoms with Crippen molar-refractivity contribution in [3.8, 4) is 0 Å². The van der Waals surface area contributed by atoms with Gasteiger partial charge in [-0.15, -0.1) is 0 Å². The van der Waals surface area contributed by atoms with Crippen LogP contribution in [-0.2, 0) is 28.5 Å². The first-order chi connectivity index (χ1) is 17.8. The number of hydrogen-bond donors (Lipinski definition) is 1. The number of aliphatic hydroxyl groups is 1. The lowest BCUT2D eigenvalue weighted by atomic mass is 9.44. The Bertz CT molecular complexity index is 1080. The van der Waals surface area contributed by atoms with Crippen molar-refractivity contribution >= 4 is 23.9 Å². The Kier molecular flexibility index (Phi) is 7.27. The average molecular weight is 537 g/mol. The molecule has 0 spiro atoms. The van der Waals surface area contributed by atoms with E-state index in [4.69, 9.17) is 14.2 Å². The van der Waals surface area contributed by atoms with Gasteiger partial charge in [-0.1, -0.05) is 32.4 Å². The van der Waals surface area contributed by atoms with Crippen molar-refractivity contribution in [1.29, 1.82) is 0 Å². The van der Waals surface area contributed by atoms with Gasteiger partial charge in [0.05, 0.1) is 19.8 Å². The molecule has 8 atom stereocenters. The molecule has 9 nitrogen and oxygen atoms in total. The molecule has 0 aromatic rings. The van der Waals surface area contributed by atoms with Gasteiger partial charge >= 0.3 is 12.3 Å². The third kappa shape index (κ3) is 3.81. The van der Waals surface area contributed by atoms with Crippen molar-refractivity contribution in [2.75, 3.05) is 20.3 Å². The van der Waals surface area contributed by atoms with Crippen LogP contribution in [0.3, 0.4) is 0 Å². The maximum atomic E-state index is 17.4. The first-order valence-electron chi connectivity index (χ1n) is 13.2. The Morgan fingerprint density at radius 2 is 1.87 bits per heavy atom. The highest BCUT2D eigenvalue weighted by Gasteiger charge is 2.77. The highest BCUT2D eigenvalue weighted by Crippen LogP contribution is 2.71. The van der Waals surface area contributed by atoms with Gasteiger partial charge in [-0.05, 0) is 57.1 Å². The van der Waals surface area contributed by atoms with Gasteiger partial charge in [0.15, 0.2) is 23.7 Å². The van der Waals surface area contributed by atoms with E-state index in [1.54, 1.807) is 26.8 Å². The summed E-state index contributed by atoms with van der Waals surface area (Å²) in [5, 5.41) is 11.6. The highest BCUT2D eigenvalue weighted by molar-refractivity contribution is 6.01. The zero-order valence-electron chi connectivity index (χ0n) is 22.6. The quantitative estimate of drug-likeness (QED) is 0.496. The number of carbonyl (C=O) groups is 4. The molecule has 0 saturated heterocycles. The first-order valence-corrected chi connectivity index (χ1v) is 13.2. The van der Waals surface area contributed by atoms with Crippen LogP contribution >= 0.6 is 0 Å². The fraction of sp³-hybridized carbons (Fsp3) is 0.714. The van der Waals surface area contributed by atoms with Gasteiger partial charge in [0.1, 0.15) is 0 Å². The number of rotatable bonds is 6. The molecular weight excluding hydrogens is 499 g/mol. The SMILES string of the molecule is CCCOC(=O)O[C@]1(C(=O)COC(=O)OC)[C@H](C)C[C@H]2[C@@H]3CCC4=CC(=O)C=C[C@]4(C)[C@@]3(F)[C@@H](O)C[C@@]21C. The fourth-order valence-electron chi connectivity index (χ4n) is 8.04. The van der Waals surface area contributed by atoms with Gasteiger partial charge in [0, 0.05) is 22.7 Å². The van der Waals surface area contributed by atoms with E-state index in [-0.39, 0.29) is 18.8 Å². The lowest BCUT2D eigenvalue weighted by Crippen LogP contribution is -2.70. The molecule has 0 radical (unpaired) electrons. The Balaban J connectivity index is 1.78. The molecule has 38 heavy (non-hydrogen) atoms. The van der Waals surface area contributed by atoms with Crippen LogP contribution in [0.15, 0.2) is 23.8 Å². The summed E-state index contributed by atoms with van der Waals surface area (Å²) in [5.41, 5.74) is -5.69. The summed E-state index contributed by atoms with van der Waals surface area (Å²) < 4.78 is 37.9. The maximum absolute atomic E-state index is 17.4. The van der Waals surface area contributed by atoms with E-state index in [9.17, 15) is 24.3 Å². The van der Waals surface area contributed by atoms with E-state index in [0.29, 0.717) is 31.3 Å². The second-order valence-corrected chi connectivity index (χ2v) is 11.5. The third-order valence-electron chi connectivity index (χ3n) is 9.75. The molecule has 4 aliphatic carbocycles. The van der Waals surface area contributed by atoms with Gasteiger partial charge in [-0.25, -0.2) is 14.0 Å². The molecule has 10 heteroatoms. The number of halogens is 1. The van der Waals surface area contributed by atoms with Crippen LogP contribution in [0.1, 0.15) is 59.8 Å². The lowest BCUT2D eigenvalue weighted by Gasteiger charge is -2.62. The Labute approximate surface area is 221 Å². The molecule has 1 N–H and O–H groups in total. The number of alkyl halides is 1. The minimum atomic E-state index is -2.11. The number of allylic oxidation sites excluding steroid dienone is 4. The zero-order valence-corrected chi connectivity index (χ0v) is 22.6. The van der Waals surface area contributed by atoms with Crippen LogP contribution < -0.4 is 0 Å². The number of ether oxygens (including phenoxy) is 4. The third-order valence-corrected chi connectivity index (χ3v) is 9.75. The second-order valence-electron chi connectivity index (χ2n) is 11.5. The van der Waals surface area contributed by atoms with Crippen LogP contribution in [0.25, 0.3) is 0 Å². The predicted molar refractivity (Wildman–Crippen MR) is 132 cm³/mol. The summed E-state index contributed by atoms with van der Waals surface area (Å²) in [4.78, 5) is 50.4. The van der Waals surface area contributed by atoms with Crippen LogP contribution in [-0.4, -0.2) is 66.7 Å². The van der Waals surface area contributed by atoms with Gasteiger partial charge in [-0.2, -0.15) is 0 Å². The van der Waals surface area contributed by atoms with Crippen molar-refractivity contribution in [1.82, 2.24) is 0 Å². The molecule has 4 aliphatic rings. The Morgan fingerprint density at radius 1 is 1.16 bits per heavy atom. The molecule has 4 rings (SSSR count). The molecule has 0 aliphatic heterocycles. The van der Waals surface area contributed by atoms with Crippen molar-refractivity contribution in [3.63, 3.8) is 0 Å². The molecule has 0 heterocycles. The predicted octanol–water partition coefficient (Wildman–Crippen LogP) is 4.26. The standard InChI is InChI=1S/C28H37FO9/c1-6-11-36-24(34)38-28(22(32)15-37-23(33)35-5)16(2)12-20-19-8-7-17-13-18(30)9-10-25(17,3)27(19,29)21(31)14-26(20,28)4/h9-10,13,16,19-21,31H,6-8,11-12,14-15H2,1-5H3/t16-,19+,20+,21+,25+,26+,27+,28+/m1/s1. The van der Waals surface area contributed by atoms with Gasteiger partial charge in [-0.3, -0.25) is 9.59 Å². The Hall–Kier alpha value is -2.75. The van der Waals surface area contributed by atoms with E-state index in [0.717, 1.165) is 7.11 Å². The molecule has 0 aromatic heterocycles. The topological polar surface area (TPSA) is 125 Å². The molecule has 3 saturated carbocycles. The molecule has 0 bridgehead atoms. The maximum Gasteiger partial charge on any atom is 0.509 e. The van der Waals surface area contributed by atoms with Gasteiger partial charge in [0.25, 0.3) is 0 Å². The number of hydrogen-bond acceptors (Lipinski definition) is 9. The lowest BCUT2D eigenvalue weighted by molar-refractivity contribution is -0.222. The summed E-state index contributed by atoms with van der Waals surface area (Å²) in [6, 6.07) is 0. The van der Waals surface area contributed by atoms with E-state index >= 15 is 4.39 Å². The van der Waals surface area contributed by atoms with Gasteiger partial charge in [0.2, 0.25) is 5.78 Å². The minimum Gasteiger partial charge on any atom is -0.438 e. The monoisotopic (exact) mass is 536 g/mol. The van der Waals surface area contributed by atoms with E-state index in [1.165, 1.54) is 12.2 Å². The van der Waals surface area contributed by atoms with E-state index in [2.05, 4.69) is 4.74 Å².